The van der Waals surface area contributed by atoms with Crippen LogP contribution in [-0.2, 0) is 9.59 Å². The maximum absolute atomic E-state index is 12.3. The number of aliphatic hydroxyl groups excluding tert-OH is 1. The molecule has 3 N–H and O–H groups in total. The molecule has 9 heteroatoms. The molecule has 0 radical (unpaired) electrons. The van der Waals surface area contributed by atoms with E-state index in [0.29, 0.717) is 18.0 Å². The van der Waals surface area contributed by atoms with Gasteiger partial charge in [-0.2, -0.15) is 13.2 Å². The van der Waals surface area contributed by atoms with E-state index in [1.807, 2.05) is 0 Å². The standard InChI is InChI=1S/C12H18F3N3O3/c13-12(14,15)6-18-5-7(1-10(18)20)11(21)17-3-8-2-16-4-9(8)19/h7-9,16,19H,1-6H2,(H,17,21). The van der Waals surface area contributed by atoms with Crippen LogP contribution < -0.4 is 10.6 Å². The molecule has 2 amide bonds. The Labute approximate surface area is 119 Å². The maximum Gasteiger partial charge on any atom is 0.406 e. The van der Waals surface area contributed by atoms with Gasteiger partial charge in [-0.25, -0.2) is 0 Å². The highest BCUT2D eigenvalue weighted by Crippen LogP contribution is 2.24. The van der Waals surface area contributed by atoms with Gasteiger partial charge in [-0.3, -0.25) is 9.59 Å². The fourth-order valence-electron chi connectivity index (χ4n) is 2.62. The Bertz CT molecular complexity index is 416. The Morgan fingerprint density at radius 3 is 2.71 bits per heavy atom. The zero-order valence-electron chi connectivity index (χ0n) is 11.3. The lowest BCUT2D eigenvalue weighted by molar-refractivity contribution is -0.157. The van der Waals surface area contributed by atoms with Gasteiger partial charge >= 0.3 is 6.18 Å². The van der Waals surface area contributed by atoms with Gasteiger partial charge in [-0.15, -0.1) is 0 Å². The van der Waals surface area contributed by atoms with E-state index in [4.69, 9.17) is 0 Å². The summed E-state index contributed by atoms with van der Waals surface area (Å²) in [5.74, 6) is -1.97. The molecule has 2 aliphatic heterocycles. The molecular weight excluding hydrogens is 291 g/mol. The minimum absolute atomic E-state index is 0.114. The second kappa shape index (κ2) is 6.18. The fourth-order valence-corrected chi connectivity index (χ4v) is 2.62. The molecule has 21 heavy (non-hydrogen) atoms. The van der Waals surface area contributed by atoms with E-state index < -0.39 is 36.6 Å². The maximum atomic E-state index is 12.3. The van der Waals surface area contributed by atoms with Crippen molar-refractivity contribution >= 4 is 11.8 Å². The van der Waals surface area contributed by atoms with Crippen LogP contribution in [0.5, 0.6) is 0 Å². The third-order valence-corrected chi connectivity index (χ3v) is 3.80. The average molecular weight is 309 g/mol. The summed E-state index contributed by atoms with van der Waals surface area (Å²) in [6.07, 6.45) is -5.20. The monoisotopic (exact) mass is 309 g/mol. The normalized spacial score (nSPS) is 30.0. The summed E-state index contributed by atoms with van der Waals surface area (Å²) in [7, 11) is 0. The molecule has 0 spiro atoms. The Hall–Kier alpha value is -1.35. The molecule has 2 fully saturated rings. The molecule has 3 atom stereocenters. The van der Waals surface area contributed by atoms with E-state index >= 15 is 0 Å². The van der Waals surface area contributed by atoms with Crippen molar-refractivity contribution in [2.24, 2.45) is 11.8 Å². The van der Waals surface area contributed by atoms with Crippen molar-refractivity contribution in [3.05, 3.63) is 0 Å². The van der Waals surface area contributed by atoms with Gasteiger partial charge in [0.25, 0.3) is 0 Å². The average Bonchev–Trinajstić information content (AvgIpc) is 2.92. The first-order valence-electron chi connectivity index (χ1n) is 6.77. The first kappa shape index (κ1) is 16.0. The topological polar surface area (TPSA) is 81.7 Å². The number of nitrogens with zero attached hydrogens (tertiary/aromatic N) is 1. The van der Waals surface area contributed by atoms with Crippen LogP contribution in [0.4, 0.5) is 13.2 Å². The number of carbonyl (C=O) groups excluding carboxylic acids is 2. The predicted molar refractivity (Wildman–Crippen MR) is 66.1 cm³/mol. The molecule has 2 rings (SSSR count). The highest BCUT2D eigenvalue weighted by molar-refractivity contribution is 5.89. The Morgan fingerprint density at radius 2 is 2.14 bits per heavy atom. The van der Waals surface area contributed by atoms with Crippen molar-refractivity contribution in [3.63, 3.8) is 0 Å². The molecule has 120 valence electrons. The minimum atomic E-state index is -4.46. The molecule has 0 saturated carbocycles. The number of hydrogen-bond donors (Lipinski definition) is 3. The summed E-state index contributed by atoms with van der Waals surface area (Å²) in [6.45, 7) is -0.249. The highest BCUT2D eigenvalue weighted by atomic mass is 19.4. The van der Waals surface area contributed by atoms with Crippen LogP contribution in [0.2, 0.25) is 0 Å². The highest BCUT2D eigenvalue weighted by Gasteiger charge is 2.40. The number of carbonyl (C=O) groups is 2. The Kier molecular flexibility index (Phi) is 4.72. The van der Waals surface area contributed by atoms with Crippen molar-refractivity contribution in [1.82, 2.24) is 15.5 Å². The fraction of sp³-hybridized carbons (Fsp3) is 0.833. The van der Waals surface area contributed by atoms with E-state index in [1.54, 1.807) is 0 Å². The SMILES string of the molecule is O=C(NCC1CNCC1O)C1CC(=O)N(CC(F)(F)F)C1. The molecule has 0 bridgehead atoms. The number of hydrogen-bond acceptors (Lipinski definition) is 4. The lowest BCUT2D eigenvalue weighted by atomic mass is 10.0. The summed E-state index contributed by atoms with van der Waals surface area (Å²) < 4.78 is 36.8. The predicted octanol–water partition coefficient (Wildman–Crippen LogP) is -0.906. The smallest absolute Gasteiger partial charge is 0.391 e. The molecule has 0 aliphatic carbocycles. The van der Waals surface area contributed by atoms with Gasteiger partial charge < -0.3 is 20.6 Å². The van der Waals surface area contributed by atoms with Crippen molar-refractivity contribution < 1.29 is 27.9 Å². The van der Waals surface area contributed by atoms with Gasteiger partial charge in [0.1, 0.15) is 6.54 Å². The quantitative estimate of drug-likeness (QED) is 0.628. The van der Waals surface area contributed by atoms with E-state index in [1.165, 1.54) is 0 Å². The number of β-amino-alcohol motifs (C(OH)–C–C–N with tert-alkyl or cyclic N) is 1. The van der Waals surface area contributed by atoms with Crippen LogP contribution in [0.15, 0.2) is 0 Å². The van der Waals surface area contributed by atoms with Crippen molar-refractivity contribution in [2.75, 3.05) is 32.7 Å². The molecule has 2 saturated heterocycles. The molecule has 0 aromatic heterocycles. The molecule has 0 aromatic carbocycles. The molecule has 2 aliphatic rings. The summed E-state index contributed by atoms with van der Waals surface area (Å²) >= 11 is 0. The summed E-state index contributed by atoms with van der Waals surface area (Å²) in [4.78, 5) is 24.0. The molecule has 3 unspecified atom stereocenters. The van der Waals surface area contributed by atoms with Crippen LogP contribution >= 0.6 is 0 Å². The van der Waals surface area contributed by atoms with Crippen molar-refractivity contribution in [3.8, 4) is 0 Å². The van der Waals surface area contributed by atoms with Crippen LogP contribution in [0, 0.1) is 11.8 Å². The zero-order valence-corrected chi connectivity index (χ0v) is 11.3. The van der Waals surface area contributed by atoms with E-state index in [2.05, 4.69) is 10.6 Å². The Balaban J connectivity index is 1.80. The first-order chi connectivity index (χ1) is 9.76. The second-order valence-corrected chi connectivity index (χ2v) is 5.52. The number of nitrogens with one attached hydrogen (secondary N) is 2. The molecular formula is C12H18F3N3O3. The van der Waals surface area contributed by atoms with Gasteiger partial charge in [0, 0.05) is 38.5 Å². The summed E-state index contributed by atoms with van der Waals surface area (Å²) in [5, 5.41) is 15.1. The number of aliphatic hydroxyl groups is 1. The molecule has 2 heterocycles. The van der Waals surface area contributed by atoms with Gasteiger partial charge in [-0.1, -0.05) is 0 Å². The van der Waals surface area contributed by atoms with E-state index in [9.17, 15) is 27.9 Å². The van der Waals surface area contributed by atoms with E-state index in [0.717, 1.165) is 0 Å². The lowest BCUT2D eigenvalue weighted by Gasteiger charge is -2.19. The third kappa shape index (κ3) is 4.31. The van der Waals surface area contributed by atoms with Crippen molar-refractivity contribution in [2.45, 2.75) is 18.7 Å². The Morgan fingerprint density at radius 1 is 1.43 bits per heavy atom. The van der Waals surface area contributed by atoms with Crippen molar-refractivity contribution in [1.29, 1.82) is 0 Å². The minimum Gasteiger partial charge on any atom is -0.391 e. The van der Waals surface area contributed by atoms with Gasteiger partial charge in [-0.05, 0) is 0 Å². The van der Waals surface area contributed by atoms with Gasteiger partial charge in [0.2, 0.25) is 11.8 Å². The number of halogens is 3. The van der Waals surface area contributed by atoms with Gasteiger partial charge in [0.05, 0.1) is 12.0 Å². The summed E-state index contributed by atoms with van der Waals surface area (Å²) in [5.41, 5.74) is 0. The molecule has 6 nitrogen and oxygen atoms in total. The van der Waals surface area contributed by atoms with E-state index in [-0.39, 0.29) is 25.4 Å². The number of rotatable bonds is 4. The van der Waals surface area contributed by atoms with Crippen LogP contribution in [0.3, 0.4) is 0 Å². The largest absolute Gasteiger partial charge is 0.406 e. The zero-order chi connectivity index (χ0) is 15.6. The number of amides is 2. The van der Waals surface area contributed by atoms with Crippen LogP contribution in [0.1, 0.15) is 6.42 Å². The second-order valence-electron chi connectivity index (χ2n) is 5.52. The third-order valence-electron chi connectivity index (χ3n) is 3.80. The molecule has 0 aromatic rings. The lowest BCUT2D eigenvalue weighted by Crippen LogP contribution is -2.39. The van der Waals surface area contributed by atoms with Gasteiger partial charge in [0.15, 0.2) is 0 Å². The van der Waals surface area contributed by atoms with Crippen LogP contribution in [0.25, 0.3) is 0 Å². The number of alkyl halides is 3. The van der Waals surface area contributed by atoms with Crippen LogP contribution in [-0.4, -0.2) is 66.8 Å². The summed E-state index contributed by atoms with van der Waals surface area (Å²) in [6, 6.07) is 0. The first-order valence-corrected chi connectivity index (χ1v) is 6.77. The number of likely N-dealkylation sites (tertiary alicyclic amines) is 1.